The van der Waals surface area contributed by atoms with E-state index in [-0.39, 0.29) is 17.5 Å². The highest BCUT2D eigenvalue weighted by Crippen LogP contribution is 2.38. The molecule has 9 nitrogen and oxygen atoms in total. The summed E-state index contributed by atoms with van der Waals surface area (Å²) in [6, 6.07) is 7.27. The number of nitrogens with zero attached hydrogens (tertiary/aromatic N) is 4. The molecule has 2 aliphatic rings. The van der Waals surface area contributed by atoms with Gasteiger partial charge in [0.15, 0.2) is 11.5 Å². The lowest BCUT2D eigenvalue weighted by molar-refractivity contribution is -0.132. The predicted molar refractivity (Wildman–Crippen MR) is 106 cm³/mol. The lowest BCUT2D eigenvalue weighted by Gasteiger charge is -2.27. The molecule has 2 aliphatic heterocycles. The second-order valence-electron chi connectivity index (χ2n) is 7.26. The van der Waals surface area contributed by atoms with Gasteiger partial charge >= 0.3 is 5.69 Å². The van der Waals surface area contributed by atoms with Gasteiger partial charge in [-0.05, 0) is 37.5 Å². The van der Waals surface area contributed by atoms with Crippen molar-refractivity contribution in [1.29, 1.82) is 5.26 Å². The molecule has 1 fully saturated rings. The third-order valence-electron chi connectivity index (χ3n) is 5.52. The van der Waals surface area contributed by atoms with Gasteiger partial charge in [0.25, 0.3) is 5.56 Å². The Morgan fingerprint density at radius 3 is 2.73 bits per heavy atom. The van der Waals surface area contributed by atoms with Crippen molar-refractivity contribution in [3.63, 3.8) is 0 Å². The van der Waals surface area contributed by atoms with Crippen molar-refractivity contribution in [1.82, 2.24) is 14.0 Å². The van der Waals surface area contributed by atoms with Crippen LogP contribution in [-0.4, -0.2) is 39.7 Å². The lowest BCUT2D eigenvalue weighted by atomic mass is 10.0. The molecular weight excluding hydrogens is 388 g/mol. The van der Waals surface area contributed by atoms with E-state index in [1.807, 2.05) is 18.2 Å². The number of carbonyl (C=O) groups excluding carboxylic acids is 1. The van der Waals surface area contributed by atoms with Gasteiger partial charge in [0.1, 0.15) is 31.4 Å². The fourth-order valence-corrected chi connectivity index (χ4v) is 4.00. The zero-order valence-corrected chi connectivity index (χ0v) is 16.7. The Hall–Kier alpha value is -3.54. The summed E-state index contributed by atoms with van der Waals surface area (Å²) in [5.41, 5.74) is -0.566. The van der Waals surface area contributed by atoms with Crippen LogP contribution < -0.4 is 20.7 Å². The van der Waals surface area contributed by atoms with Crippen molar-refractivity contribution in [3.8, 4) is 17.6 Å². The van der Waals surface area contributed by atoms with Crippen LogP contribution in [0.25, 0.3) is 0 Å². The maximum Gasteiger partial charge on any atom is 0.331 e. The lowest BCUT2D eigenvalue weighted by Crippen LogP contribution is -2.45. The third kappa shape index (κ3) is 3.45. The molecule has 30 heavy (non-hydrogen) atoms. The summed E-state index contributed by atoms with van der Waals surface area (Å²) in [5.74, 6) is 1.01. The molecule has 1 unspecified atom stereocenters. The first-order chi connectivity index (χ1) is 14.5. The molecule has 0 spiro atoms. The molecule has 3 heterocycles. The molecule has 0 radical (unpaired) electrons. The normalized spacial score (nSPS) is 17.6. The Kier molecular flexibility index (Phi) is 5.31. The van der Waals surface area contributed by atoms with E-state index in [9.17, 15) is 19.6 Å². The van der Waals surface area contributed by atoms with Crippen molar-refractivity contribution >= 4 is 5.91 Å². The highest BCUT2D eigenvalue weighted by molar-refractivity contribution is 5.77. The fraction of sp³-hybridized carbons (Fsp3) is 0.429. The van der Waals surface area contributed by atoms with E-state index >= 15 is 0 Å². The fourth-order valence-electron chi connectivity index (χ4n) is 4.00. The number of rotatable bonds is 4. The number of ether oxygens (including phenoxy) is 2. The Morgan fingerprint density at radius 1 is 1.23 bits per heavy atom. The quantitative estimate of drug-likeness (QED) is 0.745. The van der Waals surface area contributed by atoms with Crippen LogP contribution in [0.1, 0.15) is 36.9 Å². The number of amides is 1. The molecule has 0 N–H and O–H groups in total. The van der Waals surface area contributed by atoms with Crippen LogP contribution in [0.4, 0.5) is 0 Å². The SMILES string of the molecule is CCn1cc(C#N)c(=O)n(CC(=O)N2CCCC2c2ccc3c(c2)OCCO3)c1=O. The maximum absolute atomic E-state index is 13.1. The number of benzene rings is 1. The van der Waals surface area contributed by atoms with E-state index in [4.69, 9.17) is 9.47 Å². The Bertz CT molecular complexity index is 1140. The standard InChI is InChI=1S/C21H22N4O5/c1-2-23-12-15(11-22)20(27)25(21(23)28)13-19(26)24-7-3-4-16(24)14-5-6-17-18(10-14)30-9-8-29-17/h5-6,10,12,16H,2-4,7-9,13H2,1H3. The monoisotopic (exact) mass is 410 g/mol. The molecule has 156 valence electrons. The van der Waals surface area contributed by atoms with Crippen molar-refractivity contribution < 1.29 is 14.3 Å². The van der Waals surface area contributed by atoms with Crippen molar-refractivity contribution in [2.45, 2.75) is 38.9 Å². The second kappa shape index (κ2) is 8.06. The minimum Gasteiger partial charge on any atom is -0.486 e. The predicted octanol–water partition coefficient (Wildman–Crippen LogP) is 1.04. The summed E-state index contributed by atoms with van der Waals surface area (Å²) in [4.78, 5) is 39.8. The molecule has 0 saturated carbocycles. The third-order valence-corrected chi connectivity index (χ3v) is 5.52. The summed E-state index contributed by atoms with van der Waals surface area (Å²) < 4.78 is 13.3. The maximum atomic E-state index is 13.1. The minimum atomic E-state index is -0.740. The number of nitriles is 1. The minimum absolute atomic E-state index is 0.158. The first kappa shape index (κ1) is 19.8. The van der Waals surface area contributed by atoms with E-state index < -0.39 is 17.8 Å². The summed E-state index contributed by atoms with van der Waals surface area (Å²) in [6.45, 7) is 3.15. The molecule has 1 aromatic carbocycles. The van der Waals surface area contributed by atoms with Crippen LogP contribution in [0, 0.1) is 11.3 Å². The van der Waals surface area contributed by atoms with E-state index in [1.165, 1.54) is 10.8 Å². The van der Waals surface area contributed by atoms with Crippen LogP contribution in [0.2, 0.25) is 0 Å². The average Bonchev–Trinajstić information content (AvgIpc) is 3.26. The molecule has 0 aliphatic carbocycles. The number of carbonyl (C=O) groups is 1. The van der Waals surface area contributed by atoms with Gasteiger partial charge in [-0.3, -0.25) is 14.2 Å². The molecule has 0 bridgehead atoms. The van der Waals surface area contributed by atoms with Crippen molar-refractivity contribution in [3.05, 3.63) is 56.4 Å². The molecular formula is C21H22N4O5. The number of likely N-dealkylation sites (tertiary alicyclic amines) is 1. The topological polar surface area (TPSA) is 107 Å². The first-order valence-corrected chi connectivity index (χ1v) is 9.97. The van der Waals surface area contributed by atoms with Gasteiger partial charge in [-0.15, -0.1) is 0 Å². The highest BCUT2D eigenvalue weighted by atomic mass is 16.6. The van der Waals surface area contributed by atoms with Crippen LogP contribution in [0.3, 0.4) is 0 Å². The van der Waals surface area contributed by atoms with E-state index in [0.717, 1.165) is 23.0 Å². The smallest absolute Gasteiger partial charge is 0.331 e. The van der Waals surface area contributed by atoms with Gasteiger partial charge in [-0.1, -0.05) is 6.07 Å². The van der Waals surface area contributed by atoms with Crippen molar-refractivity contribution in [2.24, 2.45) is 0 Å². The first-order valence-electron chi connectivity index (χ1n) is 9.97. The zero-order chi connectivity index (χ0) is 21.3. The van der Waals surface area contributed by atoms with Crippen LogP contribution >= 0.6 is 0 Å². The largest absolute Gasteiger partial charge is 0.486 e. The van der Waals surface area contributed by atoms with Gasteiger partial charge in [0.2, 0.25) is 5.91 Å². The van der Waals surface area contributed by atoms with Gasteiger partial charge in [-0.2, -0.15) is 5.26 Å². The van der Waals surface area contributed by atoms with Gasteiger partial charge in [0, 0.05) is 19.3 Å². The molecule has 9 heteroatoms. The van der Waals surface area contributed by atoms with Gasteiger partial charge in [0.05, 0.1) is 6.04 Å². The van der Waals surface area contributed by atoms with Crippen LogP contribution in [0.15, 0.2) is 34.0 Å². The second-order valence-corrected chi connectivity index (χ2v) is 7.26. The van der Waals surface area contributed by atoms with Gasteiger partial charge in [-0.25, -0.2) is 9.36 Å². The average molecular weight is 410 g/mol. The van der Waals surface area contributed by atoms with Crippen LogP contribution in [-0.2, 0) is 17.9 Å². The van der Waals surface area contributed by atoms with Crippen LogP contribution in [0.5, 0.6) is 11.5 Å². The number of aryl methyl sites for hydroxylation is 1. The summed E-state index contributed by atoms with van der Waals surface area (Å²) in [7, 11) is 0. The Balaban J connectivity index is 1.62. The summed E-state index contributed by atoms with van der Waals surface area (Å²) >= 11 is 0. The summed E-state index contributed by atoms with van der Waals surface area (Å²) in [6.07, 6.45) is 2.83. The van der Waals surface area contributed by atoms with Crippen molar-refractivity contribution in [2.75, 3.05) is 19.8 Å². The molecule has 4 rings (SSSR count). The van der Waals surface area contributed by atoms with E-state index in [2.05, 4.69) is 0 Å². The zero-order valence-electron chi connectivity index (χ0n) is 16.7. The highest BCUT2D eigenvalue weighted by Gasteiger charge is 2.31. The Morgan fingerprint density at radius 2 is 2.00 bits per heavy atom. The van der Waals surface area contributed by atoms with E-state index in [1.54, 1.807) is 17.9 Å². The van der Waals surface area contributed by atoms with Gasteiger partial charge < -0.3 is 14.4 Å². The summed E-state index contributed by atoms with van der Waals surface area (Å²) in [5, 5.41) is 9.19. The number of hydrogen-bond donors (Lipinski definition) is 0. The number of fused-ring (bicyclic) bond motifs is 1. The molecule has 1 saturated heterocycles. The van der Waals surface area contributed by atoms with E-state index in [0.29, 0.717) is 37.8 Å². The Labute approximate surface area is 172 Å². The molecule has 1 aromatic heterocycles. The number of aromatic nitrogens is 2. The molecule has 1 atom stereocenters. The molecule has 2 aromatic rings. The number of hydrogen-bond acceptors (Lipinski definition) is 6. The molecule has 1 amide bonds.